The van der Waals surface area contributed by atoms with Crippen molar-refractivity contribution in [2.75, 3.05) is 33.4 Å². The van der Waals surface area contributed by atoms with Gasteiger partial charge in [-0.1, -0.05) is 24.3 Å². The minimum Gasteiger partial charge on any atom is -0.493 e. The smallest absolute Gasteiger partial charge is 0.261 e. The Morgan fingerprint density at radius 1 is 1.36 bits per heavy atom. The van der Waals surface area contributed by atoms with Crippen LogP contribution in [0, 0.1) is 0 Å². The standard InChI is InChI=1S/C21H25N3O3.ClH/c1-3-5-16-7-8-19(20(12-16)26-2)27-15-21(25)24-11-10-23-14-18(24)17-6-4-9-22-13-17;/h3-9,12-13,18,23H,10-11,14-15H2,1-2H3;1H/b5-3+;. The molecule has 1 amide bonds. The summed E-state index contributed by atoms with van der Waals surface area (Å²) in [6.45, 7) is 4.04. The van der Waals surface area contributed by atoms with Crippen LogP contribution in [0.2, 0.25) is 0 Å². The average Bonchev–Trinajstić information content (AvgIpc) is 2.73. The minimum absolute atomic E-state index is 0. The van der Waals surface area contributed by atoms with E-state index in [-0.39, 0.29) is 31.0 Å². The van der Waals surface area contributed by atoms with Crippen LogP contribution in [0.4, 0.5) is 0 Å². The van der Waals surface area contributed by atoms with Crippen LogP contribution in [0.25, 0.3) is 6.08 Å². The summed E-state index contributed by atoms with van der Waals surface area (Å²) in [5.74, 6) is 1.12. The highest BCUT2D eigenvalue weighted by Crippen LogP contribution is 2.29. The van der Waals surface area contributed by atoms with Crippen LogP contribution >= 0.6 is 12.4 Å². The van der Waals surface area contributed by atoms with Crippen molar-refractivity contribution < 1.29 is 14.3 Å². The van der Waals surface area contributed by atoms with E-state index >= 15 is 0 Å². The molecule has 2 heterocycles. The van der Waals surface area contributed by atoms with Gasteiger partial charge in [-0.2, -0.15) is 0 Å². The van der Waals surface area contributed by atoms with E-state index in [0.29, 0.717) is 24.6 Å². The van der Waals surface area contributed by atoms with Crippen molar-refractivity contribution in [3.8, 4) is 11.5 Å². The number of nitrogens with zero attached hydrogens (tertiary/aromatic N) is 2. The molecule has 2 aromatic rings. The maximum absolute atomic E-state index is 12.8. The minimum atomic E-state index is -0.0510. The first-order valence-electron chi connectivity index (χ1n) is 9.06. The van der Waals surface area contributed by atoms with Gasteiger partial charge in [-0.05, 0) is 36.2 Å². The van der Waals surface area contributed by atoms with Gasteiger partial charge in [-0.3, -0.25) is 9.78 Å². The number of pyridine rings is 1. The zero-order valence-corrected chi connectivity index (χ0v) is 16.9. The Morgan fingerprint density at radius 3 is 2.93 bits per heavy atom. The number of carbonyl (C=O) groups excluding carboxylic acids is 1. The van der Waals surface area contributed by atoms with Gasteiger partial charge in [0.15, 0.2) is 18.1 Å². The van der Waals surface area contributed by atoms with E-state index in [1.165, 1.54) is 0 Å². The summed E-state index contributed by atoms with van der Waals surface area (Å²) in [5, 5.41) is 3.34. The van der Waals surface area contributed by atoms with Gasteiger partial charge in [0.25, 0.3) is 5.91 Å². The van der Waals surface area contributed by atoms with Gasteiger partial charge in [-0.25, -0.2) is 0 Å². The fourth-order valence-corrected chi connectivity index (χ4v) is 3.20. The number of nitrogens with one attached hydrogen (secondary N) is 1. The normalized spacial score (nSPS) is 16.5. The van der Waals surface area contributed by atoms with Crippen molar-refractivity contribution >= 4 is 24.4 Å². The van der Waals surface area contributed by atoms with E-state index in [4.69, 9.17) is 9.47 Å². The van der Waals surface area contributed by atoms with Crippen LogP contribution in [0.1, 0.15) is 24.1 Å². The van der Waals surface area contributed by atoms with Crippen molar-refractivity contribution in [1.29, 1.82) is 0 Å². The van der Waals surface area contributed by atoms with Gasteiger partial charge in [-0.15, -0.1) is 12.4 Å². The fourth-order valence-electron chi connectivity index (χ4n) is 3.20. The molecule has 0 saturated carbocycles. The number of rotatable bonds is 6. The predicted molar refractivity (Wildman–Crippen MR) is 112 cm³/mol. The number of allylic oxidation sites excluding steroid dienone is 1. The number of piperazine rings is 1. The molecule has 1 unspecified atom stereocenters. The highest BCUT2D eigenvalue weighted by Gasteiger charge is 2.28. The molecule has 1 aliphatic rings. The second-order valence-corrected chi connectivity index (χ2v) is 6.29. The Balaban J connectivity index is 0.00000280. The van der Waals surface area contributed by atoms with E-state index in [9.17, 15) is 4.79 Å². The van der Waals surface area contributed by atoms with Gasteiger partial charge < -0.3 is 19.7 Å². The van der Waals surface area contributed by atoms with Crippen LogP contribution < -0.4 is 14.8 Å². The van der Waals surface area contributed by atoms with Gasteiger partial charge in [0, 0.05) is 32.0 Å². The van der Waals surface area contributed by atoms with Crippen LogP contribution in [-0.4, -0.2) is 49.1 Å². The van der Waals surface area contributed by atoms with Crippen molar-refractivity contribution in [2.24, 2.45) is 0 Å². The molecule has 1 fully saturated rings. The second kappa shape index (κ2) is 10.7. The molecular weight excluding hydrogens is 378 g/mol. The van der Waals surface area contributed by atoms with Crippen LogP contribution in [0.5, 0.6) is 11.5 Å². The zero-order valence-electron chi connectivity index (χ0n) is 16.1. The molecule has 0 aliphatic carbocycles. The molecule has 1 atom stereocenters. The van der Waals surface area contributed by atoms with Crippen LogP contribution in [-0.2, 0) is 4.79 Å². The molecule has 1 aliphatic heterocycles. The molecule has 6 nitrogen and oxygen atoms in total. The summed E-state index contributed by atoms with van der Waals surface area (Å²) in [6.07, 6.45) is 7.49. The molecule has 1 aromatic heterocycles. The predicted octanol–water partition coefficient (Wildman–Crippen LogP) is 3.10. The molecule has 1 N–H and O–H groups in total. The topological polar surface area (TPSA) is 63.7 Å². The molecule has 1 aromatic carbocycles. The van der Waals surface area contributed by atoms with Gasteiger partial charge in [0.2, 0.25) is 0 Å². The first-order valence-corrected chi connectivity index (χ1v) is 9.06. The van der Waals surface area contributed by atoms with Crippen molar-refractivity contribution in [1.82, 2.24) is 15.2 Å². The number of hydrogen-bond acceptors (Lipinski definition) is 5. The average molecular weight is 404 g/mol. The fraction of sp³-hybridized carbons (Fsp3) is 0.333. The number of amides is 1. The Morgan fingerprint density at radius 2 is 2.21 bits per heavy atom. The van der Waals surface area contributed by atoms with Crippen molar-refractivity contribution in [2.45, 2.75) is 13.0 Å². The highest BCUT2D eigenvalue weighted by molar-refractivity contribution is 5.85. The third-order valence-corrected chi connectivity index (χ3v) is 4.53. The summed E-state index contributed by atoms with van der Waals surface area (Å²) in [4.78, 5) is 18.9. The lowest BCUT2D eigenvalue weighted by Gasteiger charge is -2.36. The Bertz CT molecular complexity index is 799. The summed E-state index contributed by atoms with van der Waals surface area (Å²) in [5.41, 5.74) is 2.04. The monoisotopic (exact) mass is 403 g/mol. The van der Waals surface area contributed by atoms with Gasteiger partial charge in [0.1, 0.15) is 0 Å². The molecule has 1 saturated heterocycles. The molecule has 0 spiro atoms. The maximum Gasteiger partial charge on any atom is 0.261 e. The Labute approximate surface area is 172 Å². The number of methoxy groups -OCH3 is 1. The van der Waals surface area contributed by atoms with Gasteiger partial charge in [0.05, 0.1) is 13.2 Å². The SMILES string of the molecule is C/C=C/c1ccc(OCC(=O)N2CCNCC2c2cccnc2)c(OC)c1.Cl. The number of benzene rings is 1. The maximum atomic E-state index is 12.8. The van der Waals surface area contributed by atoms with E-state index in [1.807, 2.05) is 60.5 Å². The number of carbonyl (C=O) groups is 1. The number of ether oxygens (including phenoxy) is 2. The summed E-state index contributed by atoms with van der Waals surface area (Å²) >= 11 is 0. The quantitative estimate of drug-likeness (QED) is 0.802. The summed E-state index contributed by atoms with van der Waals surface area (Å²) in [7, 11) is 1.60. The molecule has 3 rings (SSSR count). The summed E-state index contributed by atoms with van der Waals surface area (Å²) < 4.78 is 11.2. The number of hydrogen-bond donors (Lipinski definition) is 1. The van der Waals surface area contributed by atoms with Crippen molar-refractivity contribution in [3.05, 3.63) is 59.9 Å². The third-order valence-electron chi connectivity index (χ3n) is 4.53. The van der Waals surface area contributed by atoms with E-state index in [0.717, 1.165) is 17.7 Å². The first-order chi connectivity index (χ1) is 13.2. The van der Waals surface area contributed by atoms with E-state index in [2.05, 4.69) is 10.3 Å². The number of aromatic nitrogens is 1. The molecule has 7 heteroatoms. The van der Waals surface area contributed by atoms with Gasteiger partial charge >= 0.3 is 0 Å². The Hall–Kier alpha value is -2.57. The lowest BCUT2D eigenvalue weighted by atomic mass is 10.1. The Kier molecular flexibility index (Phi) is 8.29. The second-order valence-electron chi connectivity index (χ2n) is 6.29. The molecule has 0 bridgehead atoms. The van der Waals surface area contributed by atoms with Crippen molar-refractivity contribution in [3.63, 3.8) is 0 Å². The highest BCUT2D eigenvalue weighted by atomic mass is 35.5. The third kappa shape index (κ3) is 5.24. The molecule has 28 heavy (non-hydrogen) atoms. The largest absolute Gasteiger partial charge is 0.493 e. The molecule has 0 radical (unpaired) electrons. The lowest BCUT2D eigenvalue weighted by Crippen LogP contribution is -2.50. The number of halogens is 1. The zero-order chi connectivity index (χ0) is 19.1. The van der Waals surface area contributed by atoms with Crippen LogP contribution in [0.15, 0.2) is 48.8 Å². The van der Waals surface area contributed by atoms with E-state index < -0.39 is 0 Å². The molecule has 150 valence electrons. The van der Waals surface area contributed by atoms with E-state index in [1.54, 1.807) is 13.3 Å². The lowest BCUT2D eigenvalue weighted by molar-refractivity contribution is -0.136. The molecular formula is C21H26ClN3O3. The van der Waals surface area contributed by atoms with Crippen LogP contribution in [0.3, 0.4) is 0 Å². The first kappa shape index (κ1) is 21.7. The summed E-state index contributed by atoms with van der Waals surface area (Å²) in [6, 6.07) is 9.50.